The molecule has 0 saturated carbocycles. The van der Waals surface area contributed by atoms with Crippen molar-refractivity contribution in [3.05, 3.63) is 51.5 Å². The first-order valence-electron chi connectivity index (χ1n) is 6.06. The molecule has 0 bridgehead atoms. The standard InChI is InChI=1S/C14H16FNO2S2/c1-10-6-13(15)7-11(2)14(10)20(17,18)16(3)8-12-4-5-19-9-12/h4-7,9H,8H2,1-3H3. The fourth-order valence-electron chi connectivity index (χ4n) is 2.18. The first-order valence-corrected chi connectivity index (χ1v) is 8.45. The van der Waals surface area contributed by atoms with Crippen molar-refractivity contribution in [1.29, 1.82) is 0 Å². The van der Waals surface area contributed by atoms with Crippen LogP contribution in [0, 0.1) is 19.7 Å². The summed E-state index contributed by atoms with van der Waals surface area (Å²) in [4.78, 5) is 0.191. The summed E-state index contributed by atoms with van der Waals surface area (Å²) in [6.07, 6.45) is 0. The Balaban J connectivity index is 2.40. The van der Waals surface area contributed by atoms with Gasteiger partial charge in [-0.2, -0.15) is 15.6 Å². The minimum atomic E-state index is -3.62. The van der Waals surface area contributed by atoms with Crippen LogP contribution < -0.4 is 0 Å². The predicted molar refractivity (Wildman–Crippen MR) is 78.8 cm³/mol. The molecule has 0 aliphatic rings. The fourth-order valence-corrected chi connectivity index (χ4v) is 4.41. The lowest BCUT2D eigenvalue weighted by atomic mass is 10.1. The summed E-state index contributed by atoms with van der Waals surface area (Å²) >= 11 is 1.53. The van der Waals surface area contributed by atoms with Gasteiger partial charge in [-0.3, -0.25) is 0 Å². The molecule has 0 aliphatic heterocycles. The summed E-state index contributed by atoms with van der Waals surface area (Å²) in [7, 11) is -2.08. The predicted octanol–water partition coefficient (Wildman–Crippen LogP) is 3.32. The van der Waals surface area contributed by atoms with E-state index in [1.165, 1.54) is 34.8 Å². The molecule has 0 N–H and O–H groups in total. The zero-order valence-corrected chi connectivity index (χ0v) is 13.2. The van der Waals surface area contributed by atoms with E-state index < -0.39 is 15.8 Å². The molecular weight excluding hydrogens is 297 g/mol. The van der Waals surface area contributed by atoms with Gasteiger partial charge in [-0.05, 0) is 59.5 Å². The van der Waals surface area contributed by atoms with Crippen molar-refractivity contribution in [3.8, 4) is 0 Å². The van der Waals surface area contributed by atoms with Crippen molar-refractivity contribution in [2.75, 3.05) is 7.05 Å². The Kier molecular flexibility index (Phi) is 4.27. The molecule has 108 valence electrons. The van der Waals surface area contributed by atoms with Gasteiger partial charge in [-0.15, -0.1) is 0 Å². The van der Waals surface area contributed by atoms with E-state index in [0.29, 0.717) is 17.7 Å². The minimum absolute atomic E-state index is 0.191. The molecule has 0 fully saturated rings. The number of benzene rings is 1. The van der Waals surface area contributed by atoms with Crippen molar-refractivity contribution in [2.24, 2.45) is 0 Å². The van der Waals surface area contributed by atoms with Gasteiger partial charge in [-0.1, -0.05) is 0 Å². The smallest absolute Gasteiger partial charge is 0.207 e. The largest absolute Gasteiger partial charge is 0.243 e. The molecule has 0 atom stereocenters. The maximum absolute atomic E-state index is 13.3. The first-order chi connectivity index (χ1) is 9.32. The third-order valence-electron chi connectivity index (χ3n) is 3.08. The average Bonchev–Trinajstić information content (AvgIpc) is 2.79. The van der Waals surface area contributed by atoms with Crippen molar-refractivity contribution in [1.82, 2.24) is 4.31 Å². The Bertz CT molecular complexity index is 686. The Morgan fingerprint density at radius 3 is 2.35 bits per heavy atom. The van der Waals surface area contributed by atoms with Gasteiger partial charge < -0.3 is 0 Å². The second-order valence-electron chi connectivity index (χ2n) is 4.76. The Labute approximate surface area is 122 Å². The third-order valence-corrected chi connectivity index (χ3v) is 5.92. The van der Waals surface area contributed by atoms with Gasteiger partial charge in [0.1, 0.15) is 5.82 Å². The van der Waals surface area contributed by atoms with E-state index in [1.807, 2.05) is 16.8 Å². The number of nitrogens with zero attached hydrogens (tertiary/aromatic N) is 1. The zero-order valence-electron chi connectivity index (χ0n) is 11.6. The lowest BCUT2D eigenvalue weighted by Crippen LogP contribution is -2.27. The molecule has 0 radical (unpaired) electrons. The highest BCUT2D eigenvalue weighted by molar-refractivity contribution is 7.89. The molecule has 20 heavy (non-hydrogen) atoms. The highest BCUT2D eigenvalue weighted by Crippen LogP contribution is 2.25. The zero-order chi connectivity index (χ0) is 14.9. The second-order valence-corrected chi connectivity index (χ2v) is 7.52. The molecule has 0 aliphatic carbocycles. The van der Waals surface area contributed by atoms with Crippen LogP contribution in [0.25, 0.3) is 0 Å². The molecule has 2 aromatic rings. The van der Waals surface area contributed by atoms with Gasteiger partial charge in [0.05, 0.1) is 4.90 Å². The lowest BCUT2D eigenvalue weighted by molar-refractivity contribution is 0.466. The van der Waals surface area contributed by atoms with Crippen LogP contribution in [0.2, 0.25) is 0 Å². The first kappa shape index (κ1) is 15.2. The monoisotopic (exact) mass is 313 g/mol. The molecule has 1 aromatic heterocycles. The number of thiophene rings is 1. The molecule has 0 saturated heterocycles. The van der Waals surface area contributed by atoms with Crippen molar-refractivity contribution < 1.29 is 12.8 Å². The van der Waals surface area contributed by atoms with E-state index in [2.05, 4.69) is 0 Å². The summed E-state index contributed by atoms with van der Waals surface area (Å²) in [5.74, 6) is -0.417. The Morgan fingerprint density at radius 1 is 1.25 bits per heavy atom. The topological polar surface area (TPSA) is 37.4 Å². The summed E-state index contributed by atoms with van der Waals surface area (Å²) in [6, 6.07) is 4.39. The highest BCUT2D eigenvalue weighted by atomic mass is 32.2. The second kappa shape index (κ2) is 5.63. The van der Waals surface area contributed by atoms with E-state index >= 15 is 0 Å². The fraction of sp³-hybridized carbons (Fsp3) is 0.286. The van der Waals surface area contributed by atoms with E-state index in [-0.39, 0.29) is 4.90 Å². The maximum atomic E-state index is 13.3. The number of hydrogen-bond acceptors (Lipinski definition) is 3. The minimum Gasteiger partial charge on any atom is -0.207 e. The summed E-state index contributed by atoms with van der Waals surface area (Å²) < 4.78 is 39.8. The van der Waals surface area contributed by atoms with Crippen LogP contribution in [0.15, 0.2) is 33.9 Å². The van der Waals surface area contributed by atoms with Crippen molar-refractivity contribution in [2.45, 2.75) is 25.3 Å². The molecule has 1 heterocycles. The van der Waals surface area contributed by atoms with Gasteiger partial charge in [0.2, 0.25) is 10.0 Å². The number of hydrogen-bond donors (Lipinski definition) is 0. The van der Waals surface area contributed by atoms with Crippen LogP contribution in [0.4, 0.5) is 4.39 Å². The van der Waals surface area contributed by atoms with Crippen molar-refractivity contribution in [3.63, 3.8) is 0 Å². The van der Waals surface area contributed by atoms with Gasteiger partial charge in [0.15, 0.2) is 0 Å². The number of sulfonamides is 1. The molecule has 0 unspecified atom stereocenters. The Hall–Kier alpha value is -1.24. The van der Waals surface area contributed by atoms with Gasteiger partial charge in [0, 0.05) is 13.6 Å². The van der Waals surface area contributed by atoms with Crippen LogP contribution in [-0.2, 0) is 16.6 Å². The van der Waals surface area contributed by atoms with E-state index in [9.17, 15) is 12.8 Å². The van der Waals surface area contributed by atoms with E-state index in [1.54, 1.807) is 13.8 Å². The summed E-state index contributed by atoms with van der Waals surface area (Å²) in [5.41, 5.74) is 1.80. The average molecular weight is 313 g/mol. The lowest BCUT2D eigenvalue weighted by Gasteiger charge is -2.19. The number of rotatable bonds is 4. The summed E-state index contributed by atoms with van der Waals surface area (Å²) in [5, 5.41) is 3.82. The van der Waals surface area contributed by atoms with Gasteiger partial charge in [0.25, 0.3) is 0 Å². The third kappa shape index (κ3) is 2.92. The summed E-state index contributed by atoms with van der Waals surface area (Å²) in [6.45, 7) is 3.53. The molecule has 0 spiro atoms. The van der Waals surface area contributed by atoms with Crippen LogP contribution in [0.3, 0.4) is 0 Å². The van der Waals surface area contributed by atoms with Crippen LogP contribution in [0.5, 0.6) is 0 Å². The molecule has 2 rings (SSSR count). The van der Waals surface area contributed by atoms with Gasteiger partial charge >= 0.3 is 0 Å². The van der Waals surface area contributed by atoms with Crippen LogP contribution in [-0.4, -0.2) is 19.8 Å². The van der Waals surface area contributed by atoms with Crippen molar-refractivity contribution >= 4 is 21.4 Å². The van der Waals surface area contributed by atoms with Gasteiger partial charge in [-0.25, -0.2) is 12.8 Å². The number of halogens is 1. The molecular formula is C14H16FNO2S2. The normalized spacial score (nSPS) is 12.1. The highest BCUT2D eigenvalue weighted by Gasteiger charge is 2.25. The molecule has 1 aromatic carbocycles. The van der Waals surface area contributed by atoms with E-state index in [0.717, 1.165) is 5.56 Å². The maximum Gasteiger partial charge on any atom is 0.243 e. The van der Waals surface area contributed by atoms with Crippen LogP contribution >= 0.6 is 11.3 Å². The van der Waals surface area contributed by atoms with Crippen LogP contribution in [0.1, 0.15) is 16.7 Å². The molecule has 3 nitrogen and oxygen atoms in total. The van der Waals surface area contributed by atoms with E-state index in [4.69, 9.17) is 0 Å². The SMILES string of the molecule is Cc1cc(F)cc(C)c1S(=O)(=O)N(C)Cc1ccsc1. The Morgan fingerprint density at radius 2 is 1.85 bits per heavy atom. The number of aryl methyl sites for hydroxylation is 2. The molecule has 6 heteroatoms. The quantitative estimate of drug-likeness (QED) is 0.868. The molecule has 0 amide bonds.